The molecular formula is C23H24N2O4S. The van der Waals surface area contributed by atoms with Crippen molar-refractivity contribution in [3.63, 3.8) is 0 Å². The highest BCUT2D eigenvalue weighted by molar-refractivity contribution is 7.15. The number of amides is 1. The molecule has 6 nitrogen and oxygen atoms in total. The summed E-state index contributed by atoms with van der Waals surface area (Å²) in [6.07, 6.45) is 3.18. The molecule has 3 aromatic rings. The number of benzene rings is 2. The van der Waals surface area contributed by atoms with E-state index < -0.39 is 0 Å². The molecule has 1 amide bonds. The van der Waals surface area contributed by atoms with Crippen molar-refractivity contribution in [2.75, 3.05) is 21.3 Å². The second kappa shape index (κ2) is 9.93. The summed E-state index contributed by atoms with van der Waals surface area (Å²) in [7, 11) is 4.66. The zero-order chi connectivity index (χ0) is 21.5. The Morgan fingerprint density at radius 3 is 2.33 bits per heavy atom. The number of thiazole rings is 1. The summed E-state index contributed by atoms with van der Waals surface area (Å²) >= 11 is 1.59. The largest absolute Gasteiger partial charge is 0.493 e. The first-order chi connectivity index (χ1) is 14.5. The molecule has 0 fully saturated rings. The first kappa shape index (κ1) is 21.4. The Kier molecular flexibility index (Phi) is 7.08. The lowest BCUT2D eigenvalue weighted by molar-refractivity contribution is -0.116. The third kappa shape index (κ3) is 4.99. The Labute approximate surface area is 180 Å². The molecule has 30 heavy (non-hydrogen) atoms. The van der Waals surface area contributed by atoms with Gasteiger partial charge >= 0.3 is 0 Å². The average Bonchev–Trinajstić information content (AvgIpc) is 3.16. The fraction of sp³-hybridized carbons (Fsp3) is 0.217. The van der Waals surface area contributed by atoms with Crippen LogP contribution in [0.25, 0.3) is 16.6 Å². The smallest absolute Gasteiger partial charge is 0.244 e. The van der Waals surface area contributed by atoms with Crippen LogP contribution < -0.4 is 19.5 Å². The number of methoxy groups -OCH3 is 3. The molecule has 1 aromatic heterocycles. The maximum Gasteiger partial charge on any atom is 0.244 e. The molecule has 7 heteroatoms. The first-order valence-corrected chi connectivity index (χ1v) is 10.1. The number of aryl methyl sites for hydroxylation is 1. The number of nitrogens with one attached hydrogen (secondary N) is 1. The van der Waals surface area contributed by atoms with Crippen molar-refractivity contribution in [1.29, 1.82) is 0 Å². The summed E-state index contributed by atoms with van der Waals surface area (Å²) in [4.78, 5) is 18.0. The number of carbonyl (C=O) groups excluding carboxylic acids is 1. The van der Waals surface area contributed by atoms with Crippen LogP contribution in [-0.4, -0.2) is 32.2 Å². The van der Waals surface area contributed by atoms with Crippen molar-refractivity contribution in [3.05, 3.63) is 64.7 Å². The van der Waals surface area contributed by atoms with E-state index in [0.29, 0.717) is 23.8 Å². The fourth-order valence-electron chi connectivity index (χ4n) is 2.89. The average molecular weight is 425 g/mol. The van der Waals surface area contributed by atoms with Gasteiger partial charge < -0.3 is 19.5 Å². The standard InChI is InChI=1S/C23H24N2O4S/c1-15-20(30-23(25-15)17-8-6-5-7-9-17)14-24-21(26)11-10-16-12-18(27-2)22(29-4)19(13-16)28-3/h5-13H,14H2,1-4H3,(H,24,26)/b11-10+. The minimum atomic E-state index is -0.196. The number of rotatable bonds is 8. The zero-order valence-corrected chi connectivity index (χ0v) is 18.2. The molecule has 2 aromatic carbocycles. The van der Waals surface area contributed by atoms with E-state index in [1.165, 1.54) is 6.08 Å². The Hall–Kier alpha value is -3.32. The molecule has 0 aliphatic rings. The summed E-state index contributed by atoms with van der Waals surface area (Å²) < 4.78 is 16.0. The number of hydrogen-bond acceptors (Lipinski definition) is 6. The number of nitrogens with zero attached hydrogens (tertiary/aromatic N) is 1. The van der Waals surface area contributed by atoms with E-state index in [1.54, 1.807) is 50.9 Å². The van der Waals surface area contributed by atoms with Crippen LogP contribution in [0.15, 0.2) is 48.5 Å². The van der Waals surface area contributed by atoms with Crippen LogP contribution in [0, 0.1) is 6.92 Å². The molecule has 1 heterocycles. The number of ether oxygens (including phenoxy) is 3. The quantitative estimate of drug-likeness (QED) is 0.540. The molecule has 0 aliphatic carbocycles. The SMILES string of the molecule is COc1cc(/C=C/C(=O)NCc2sc(-c3ccccc3)nc2C)cc(OC)c1OC. The molecule has 0 saturated carbocycles. The first-order valence-electron chi connectivity index (χ1n) is 9.33. The van der Waals surface area contributed by atoms with Crippen molar-refractivity contribution in [2.24, 2.45) is 0 Å². The molecule has 0 unspecified atom stereocenters. The molecule has 0 aliphatic heterocycles. The van der Waals surface area contributed by atoms with Crippen LogP contribution >= 0.6 is 11.3 Å². The van der Waals surface area contributed by atoms with Gasteiger partial charge in [-0.15, -0.1) is 11.3 Å². The minimum absolute atomic E-state index is 0.196. The topological polar surface area (TPSA) is 69.7 Å². The second-order valence-corrected chi connectivity index (χ2v) is 7.49. The molecule has 0 bridgehead atoms. The third-order valence-corrected chi connectivity index (χ3v) is 5.66. The van der Waals surface area contributed by atoms with E-state index in [2.05, 4.69) is 10.3 Å². The lowest BCUT2D eigenvalue weighted by atomic mass is 10.1. The van der Waals surface area contributed by atoms with Crippen LogP contribution in [0.4, 0.5) is 0 Å². The fourth-order valence-corrected chi connectivity index (χ4v) is 3.90. The molecule has 156 valence electrons. The summed E-state index contributed by atoms with van der Waals surface area (Å²) in [5.41, 5.74) is 2.76. The van der Waals surface area contributed by atoms with E-state index >= 15 is 0 Å². The van der Waals surface area contributed by atoms with E-state index in [9.17, 15) is 4.79 Å². The van der Waals surface area contributed by atoms with Crippen LogP contribution in [0.3, 0.4) is 0 Å². The van der Waals surface area contributed by atoms with Crippen molar-refractivity contribution < 1.29 is 19.0 Å². The Balaban J connectivity index is 1.67. The van der Waals surface area contributed by atoms with Gasteiger partial charge in [-0.05, 0) is 30.7 Å². The molecule has 0 saturated heterocycles. The lowest BCUT2D eigenvalue weighted by Crippen LogP contribution is -2.20. The molecule has 0 spiro atoms. The number of aromatic nitrogens is 1. The van der Waals surface area contributed by atoms with Gasteiger partial charge in [0.1, 0.15) is 5.01 Å². The number of carbonyl (C=O) groups is 1. The Morgan fingerprint density at radius 2 is 1.73 bits per heavy atom. The predicted octanol–water partition coefficient (Wildman–Crippen LogP) is 4.47. The van der Waals surface area contributed by atoms with Gasteiger partial charge in [0.05, 0.1) is 33.6 Å². The van der Waals surface area contributed by atoms with Gasteiger partial charge in [0.25, 0.3) is 0 Å². The van der Waals surface area contributed by atoms with Gasteiger partial charge in [0.2, 0.25) is 11.7 Å². The van der Waals surface area contributed by atoms with E-state index in [0.717, 1.165) is 26.7 Å². The van der Waals surface area contributed by atoms with Crippen molar-refractivity contribution in [2.45, 2.75) is 13.5 Å². The Bertz CT molecular complexity index is 1020. The lowest BCUT2D eigenvalue weighted by Gasteiger charge is -2.12. The van der Waals surface area contributed by atoms with Gasteiger partial charge in [-0.1, -0.05) is 30.3 Å². The molecule has 0 atom stereocenters. The van der Waals surface area contributed by atoms with Crippen LogP contribution in [-0.2, 0) is 11.3 Å². The van der Waals surface area contributed by atoms with Crippen LogP contribution in [0.1, 0.15) is 16.1 Å². The molecule has 3 rings (SSSR count). The second-order valence-electron chi connectivity index (χ2n) is 6.40. The maximum absolute atomic E-state index is 12.3. The third-order valence-electron chi connectivity index (χ3n) is 4.45. The van der Waals surface area contributed by atoms with Crippen molar-refractivity contribution in [3.8, 4) is 27.8 Å². The summed E-state index contributed by atoms with van der Waals surface area (Å²) in [5.74, 6) is 1.38. The summed E-state index contributed by atoms with van der Waals surface area (Å²) in [6.45, 7) is 2.38. The normalized spacial score (nSPS) is 10.8. The molecular weight excluding hydrogens is 400 g/mol. The summed E-state index contributed by atoms with van der Waals surface area (Å²) in [5, 5.41) is 3.86. The zero-order valence-electron chi connectivity index (χ0n) is 17.4. The van der Waals surface area contributed by atoms with Gasteiger partial charge in [-0.2, -0.15) is 0 Å². The highest BCUT2D eigenvalue weighted by atomic mass is 32.1. The van der Waals surface area contributed by atoms with Crippen molar-refractivity contribution >= 4 is 23.3 Å². The summed E-state index contributed by atoms with van der Waals surface area (Å²) in [6, 6.07) is 13.6. The van der Waals surface area contributed by atoms with Crippen LogP contribution in [0.5, 0.6) is 17.2 Å². The van der Waals surface area contributed by atoms with E-state index in [1.807, 2.05) is 37.3 Å². The van der Waals surface area contributed by atoms with Crippen LogP contribution in [0.2, 0.25) is 0 Å². The van der Waals surface area contributed by atoms with Gasteiger partial charge in [-0.25, -0.2) is 4.98 Å². The van der Waals surface area contributed by atoms with E-state index in [4.69, 9.17) is 14.2 Å². The number of hydrogen-bond donors (Lipinski definition) is 1. The van der Waals surface area contributed by atoms with Gasteiger partial charge in [-0.3, -0.25) is 4.79 Å². The highest BCUT2D eigenvalue weighted by Crippen LogP contribution is 2.38. The molecule has 0 radical (unpaired) electrons. The monoisotopic (exact) mass is 424 g/mol. The predicted molar refractivity (Wildman–Crippen MR) is 119 cm³/mol. The Morgan fingerprint density at radius 1 is 1.07 bits per heavy atom. The van der Waals surface area contributed by atoms with Gasteiger partial charge in [0.15, 0.2) is 11.5 Å². The van der Waals surface area contributed by atoms with E-state index in [-0.39, 0.29) is 5.91 Å². The van der Waals surface area contributed by atoms with Gasteiger partial charge in [0, 0.05) is 16.5 Å². The van der Waals surface area contributed by atoms with Crippen molar-refractivity contribution in [1.82, 2.24) is 10.3 Å². The maximum atomic E-state index is 12.3. The minimum Gasteiger partial charge on any atom is -0.493 e. The highest BCUT2D eigenvalue weighted by Gasteiger charge is 2.13. The molecule has 1 N–H and O–H groups in total.